The van der Waals surface area contributed by atoms with Crippen molar-refractivity contribution in [1.82, 2.24) is 0 Å². The van der Waals surface area contributed by atoms with Crippen molar-refractivity contribution in [3.05, 3.63) is 90.0 Å². The predicted octanol–water partition coefficient (Wildman–Crippen LogP) is 3.65. The molecule has 0 bridgehead atoms. The summed E-state index contributed by atoms with van der Waals surface area (Å²) in [7, 11) is -2.30. The van der Waals surface area contributed by atoms with Crippen LogP contribution in [0.15, 0.2) is 83.8 Å². The molecule has 4 rings (SSSR count). The molecule has 1 amide bonds. The maximum Gasteiger partial charge on any atom is 0.338 e. The van der Waals surface area contributed by atoms with E-state index in [0.717, 1.165) is 5.56 Å². The minimum Gasteiger partial charge on any atom is -0.452 e. The number of hydrogen-bond acceptors (Lipinski definition) is 5. The van der Waals surface area contributed by atoms with Crippen LogP contribution in [-0.4, -0.2) is 40.0 Å². The first kappa shape index (κ1) is 22.5. The molecule has 33 heavy (non-hydrogen) atoms. The molecule has 8 heteroatoms. The van der Waals surface area contributed by atoms with Gasteiger partial charge in [-0.1, -0.05) is 42.5 Å². The summed E-state index contributed by atoms with van der Waals surface area (Å²) in [6.07, 6.45) is 0.619. The average molecular weight is 465 g/mol. The highest BCUT2D eigenvalue weighted by Crippen LogP contribution is 2.36. The molecule has 170 valence electrons. The number of esters is 1. The van der Waals surface area contributed by atoms with E-state index in [1.54, 1.807) is 43.4 Å². The molecule has 0 N–H and O–H groups in total. The molecule has 0 saturated heterocycles. The molecule has 0 aromatic heterocycles. The summed E-state index contributed by atoms with van der Waals surface area (Å²) in [6.45, 7) is 1.39. The topological polar surface area (TPSA) is 84.0 Å². The smallest absolute Gasteiger partial charge is 0.338 e. The van der Waals surface area contributed by atoms with E-state index in [1.807, 2.05) is 25.1 Å². The van der Waals surface area contributed by atoms with Crippen LogP contribution < -0.4 is 9.21 Å². The number of likely N-dealkylation sites (N-methyl/N-ethyl adjacent to an activating group) is 1. The fourth-order valence-electron chi connectivity index (χ4n) is 3.90. The lowest BCUT2D eigenvalue weighted by molar-refractivity contribution is -0.121. The van der Waals surface area contributed by atoms with Crippen LogP contribution in [0.5, 0.6) is 0 Å². The molecule has 3 aromatic carbocycles. The van der Waals surface area contributed by atoms with Crippen molar-refractivity contribution in [1.29, 1.82) is 0 Å². The van der Waals surface area contributed by atoms with Crippen LogP contribution >= 0.6 is 0 Å². The first-order valence-corrected chi connectivity index (χ1v) is 11.9. The lowest BCUT2D eigenvalue weighted by atomic mass is 10.1. The van der Waals surface area contributed by atoms with Crippen LogP contribution in [0.1, 0.15) is 22.8 Å². The van der Waals surface area contributed by atoms with Gasteiger partial charge in [0.15, 0.2) is 6.61 Å². The van der Waals surface area contributed by atoms with E-state index in [2.05, 4.69) is 0 Å². The molecule has 7 nitrogen and oxygen atoms in total. The van der Waals surface area contributed by atoms with Crippen LogP contribution in [0.3, 0.4) is 0 Å². The normalized spacial score (nSPS) is 15.1. The number of carbonyl (C=O) groups is 2. The molecule has 0 aliphatic carbocycles. The number of hydrogen-bond donors (Lipinski definition) is 0. The molecular weight excluding hydrogens is 440 g/mol. The summed E-state index contributed by atoms with van der Waals surface area (Å²) >= 11 is 0. The lowest BCUT2D eigenvalue weighted by Crippen LogP contribution is -2.35. The maximum atomic E-state index is 13.4. The molecule has 1 atom stereocenters. The highest BCUT2D eigenvalue weighted by molar-refractivity contribution is 7.92. The molecule has 0 spiro atoms. The fraction of sp³-hybridized carbons (Fsp3) is 0.200. The van der Waals surface area contributed by atoms with Crippen LogP contribution in [0.4, 0.5) is 11.4 Å². The molecular formula is C25H24N2O5S. The highest BCUT2D eigenvalue weighted by Gasteiger charge is 2.36. The summed E-state index contributed by atoms with van der Waals surface area (Å²) in [4.78, 5) is 26.3. The van der Waals surface area contributed by atoms with Gasteiger partial charge in [0, 0.05) is 18.8 Å². The van der Waals surface area contributed by atoms with Crippen LogP contribution in [0.2, 0.25) is 0 Å². The Hall–Kier alpha value is -3.65. The third-order valence-electron chi connectivity index (χ3n) is 5.62. The Bertz CT molecular complexity index is 1290. The predicted molar refractivity (Wildman–Crippen MR) is 126 cm³/mol. The Morgan fingerprint density at radius 3 is 2.45 bits per heavy atom. The van der Waals surface area contributed by atoms with Crippen LogP contribution in [0, 0.1) is 0 Å². The molecule has 1 heterocycles. The Morgan fingerprint density at radius 1 is 1.00 bits per heavy atom. The Labute approximate surface area is 193 Å². The van der Waals surface area contributed by atoms with Gasteiger partial charge in [-0.15, -0.1) is 0 Å². The summed E-state index contributed by atoms with van der Waals surface area (Å²) in [5.41, 5.74) is 2.34. The third kappa shape index (κ3) is 4.47. The van der Waals surface area contributed by atoms with E-state index < -0.39 is 28.5 Å². The second-order valence-electron chi connectivity index (χ2n) is 7.87. The van der Waals surface area contributed by atoms with E-state index in [-0.39, 0.29) is 16.5 Å². The number of rotatable bonds is 6. The molecule has 3 aromatic rings. The number of ether oxygens (including phenoxy) is 1. The van der Waals surface area contributed by atoms with E-state index >= 15 is 0 Å². The monoisotopic (exact) mass is 464 g/mol. The first-order chi connectivity index (χ1) is 15.8. The maximum absolute atomic E-state index is 13.4. The lowest BCUT2D eigenvalue weighted by Gasteiger charge is -2.24. The molecule has 0 fully saturated rings. The van der Waals surface area contributed by atoms with Gasteiger partial charge in [0.1, 0.15) is 0 Å². The van der Waals surface area contributed by atoms with Crippen molar-refractivity contribution in [2.75, 3.05) is 22.9 Å². The SMILES string of the molecule is CC1Cc2ccccc2N1S(=O)(=O)c1cccc(C(=O)OCC(=O)N(C)c2ccccc2)c1. The summed E-state index contributed by atoms with van der Waals surface area (Å²) in [6, 6.07) is 21.8. The van der Waals surface area contributed by atoms with Crippen LogP contribution in [0.25, 0.3) is 0 Å². The molecule has 1 aliphatic rings. The largest absolute Gasteiger partial charge is 0.452 e. The number of fused-ring (bicyclic) bond motifs is 1. The molecule has 1 aliphatic heterocycles. The zero-order valence-electron chi connectivity index (χ0n) is 18.3. The van der Waals surface area contributed by atoms with Crippen LogP contribution in [-0.2, 0) is 26.0 Å². The van der Waals surface area contributed by atoms with Gasteiger partial charge < -0.3 is 9.64 Å². The number of nitrogens with zero attached hydrogens (tertiary/aromatic N) is 2. The zero-order chi connectivity index (χ0) is 23.6. The number of amides is 1. The second kappa shape index (κ2) is 9.07. The summed E-state index contributed by atoms with van der Waals surface area (Å²) in [5.74, 6) is -1.17. The Morgan fingerprint density at radius 2 is 1.70 bits per heavy atom. The summed E-state index contributed by atoms with van der Waals surface area (Å²) < 4.78 is 33.4. The van der Waals surface area contributed by atoms with Gasteiger partial charge in [0.2, 0.25) is 0 Å². The average Bonchev–Trinajstić information content (AvgIpc) is 3.18. The van der Waals surface area contributed by atoms with Crippen molar-refractivity contribution < 1.29 is 22.7 Å². The van der Waals surface area contributed by atoms with Gasteiger partial charge in [-0.05, 0) is 55.3 Å². The van der Waals surface area contributed by atoms with Crippen molar-refractivity contribution in [2.24, 2.45) is 0 Å². The Kier molecular flexibility index (Phi) is 6.20. The number of carbonyl (C=O) groups excluding carboxylic acids is 2. The van der Waals surface area contributed by atoms with Crippen molar-refractivity contribution >= 4 is 33.3 Å². The van der Waals surface area contributed by atoms with Gasteiger partial charge in [-0.3, -0.25) is 9.10 Å². The standard InChI is InChI=1S/C25H24N2O5S/c1-18-15-19-9-6-7-14-23(19)27(18)33(30,31)22-13-8-10-20(16-22)25(29)32-17-24(28)26(2)21-11-4-3-5-12-21/h3-14,16,18H,15,17H2,1-2H3. The number of sulfonamides is 1. The minimum atomic E-state index is -3.89. The van der Waals surface area contributed by atoms with Gasteiger partial charge in [-0.25, -0.2) is 13.2 Å². The quantitative estimate of drug-likeness (QED) is 0.520. The highest BCUT2D eigenvalue weighted by atomic mass is 32.2. The summed E-state index contributed by atoms with van der Waals surface area (Å²) in [5, 5.41) is 0. The van der Waals surface area contributed by atoms with E-state index in [9.17, 15) is 18.0 Å². The number of benzene rings is 3. The van der Waals surface area contributed by atoms with E-state index in [4.69, 9.17) is 4.74 Å². The number of para-hydroxylation sites is 2. The fourth-order valence-corrected chi connectivity index (χ4v) is 5.64. The Balaban J connectivity index is 1.50. The van der Waals surface area contributed by atoms with E-state index in [0.29, 0.717) is 17.8 Å². The van der Waals surface area contributed by atoms with Gasteiger partial charge in [0.05, 0.1) is 16.1 Å². The number of anilines is 2. The third-order valence-corrected chi connectivity index (χ3v) is 7.54. The van der Waals surface area contributed by atoms with Crippen molar-refractivity contribution in [2.45, 2.75) is 24.3 Å². The van der Waals surface area contributed by atoms with Crippen molar-refractivity contribution in [3.63, 3.8) is 0 Å². The zero-order valence-corrected chi connectivity index (χ0v) is 19.2. The van der Waals surface area contributed by atoms with Gasteiger partial charge in [0.25, 0.3) is 15.9 Å². The van der Waals surface area contributed by atoms with Gasteiger partial charge in [-0.2, -0.15) is 0 Å². The van der Waals surface area contributed by atoms with Gasteiger partial charge >= 0.3 is 5.97 Å². The second-order valence-corrected chi connectivity index (χ2v) is 9.69. The molecule has 0 radical (unpaired) electrons. The van der Waals surface area contributed by atoms with E-state index in [1.165, 1.54) is 33.5 Å². The minimum absolute atomic E-state index is 0.00627. The molecule has 1 unspecified atom stereocenters. The first-order valence-electron chi connectivity index (χ1n) is 10.5. The molecule has 0 saturated carbocycles. The van der Waals surface area contributed by atoms with Crippen molar-refractivity contribution in [3.8, 4) is 0 Å².